The fourth-order valence-corrected chi connectivity index (χ4v) is 7.17. The minimum absolute atomic E-state index is 0.0464. The molecular weight excluding hydrogens is 408 g/mol. The lowest BCUT2D eigenvalue weighted by atomic mass is 9.62. The Balaban J connectivity index is 1.69. The maximum absolute atomic E-state index is 11.8. The van der Waals surface area contributed by atoms with Crippen LogP contribution in [0.15, 0.2) is 0 Å². The van der Waals surface area contributed by atoms with E-state index in [-0.39, 0.29) is 16.3 Å². The second-order valence-electron chi connectivity index (χ2n) is 11.5. The molecule has 7 nitrogen and oxygen atoms in total. The lowest BCUT2D eigenvalue weighted by Gasteiger charge is -2.49. The van der Waals surface area contributed by atoms with Gasteiger partial charge in [-0.25, -0.2) is 4.79 Å². The van der Waals surface area contributed by atoms with Crippen molar-refractivity contribution in [2.45, 2.75) is 104 Å². The van der Waals surface area contributed by atoms with Gasteiger partial charge in [-0.3, -0.25) is 0 Å². The predicted octanol–water partition coefficient (Wildman–Crippen LogP) is 5.09. The number of fused-ring (bicyclic) bond motifs is 1. The van der Waals surface area contributed by atoms with Gasteiger partial charge in [0.25, 0.3) is 5.82 Å². The molecule has 8 heteroatoms. The summed E-state index contributed by atoms with van der Waals surface area (Å²) in [6.45, 7) is 19.3. The molecule has 2 fully saturated rings. The lowest BCUT2D eigenvalue weighted by Crippen LogP contribution is -2.50. The van der Waals surface area contributed by atoms with Crippen LogP contribution in [-0.4, -0.2) is 47.2 Å². The highest BCUT2D eigenvalue weighted by Gasteiger charge is 2.54. The van der Waals surface area contributed by atoms with E-state index in [1.165, 1.54) is 32.1 Å². The summed E-state index contributed by atoms with van der Waals surface area (Å²) in [6, 6.07) is 0. The smallest absolute Gasteiger partial charge is 0.380 e. The maximum atomic E-state index is 11.8. The summed E-state index contributed by atoms with van der Waals surface area (Å²) in [5.41, 5.74) is 0.287. The highest BCUT2D eigenvalue weighted by atomic mass is 28.4. The Hall–Kier alpha value is -1.28. The Morgan fingerprint density at radius 2 is 2.00 bits per heavy atom. The highest BCUT2D eigenvalue weighted by molar-refractivity contribution is 6.74. The van der Waals surface area contributed by atoms with Gasteiger partial charge in [0.15, 0.2) is 8.32 Å². The Bertz CT molecular complexity index is 775. The summed E-state index contributed by atoms with van der Waals surface area (Å²) in [5, 5.41) is 12.5. The van der Waals surface area contributed by atoms with Gasteiger partial charge < -0.3 is 9.16 Å². The number of nitrogens with zero attached hydrogens (tertiary/aromatic N) is 4. The fraction of sp³-hybridized carbons (Fsp3) is 0.913. The average molecular weight is 451 g/mol. The minimum atomic E-state index is -1.79. The maximum Gasteiger partial charge on any atom is 0.380 e. The van der Waals surface area contributed by atoms with Gasteiger partial charge in [-0.1, -0.05) is 41.0 Å². The molecule has 0 spiro atoms. The van der Waals surface area contributed by atoms with E-state index in [0.29, 0.717) is 37.0 Å². The molecule has 1 heterocycles. The molecule has 0 aromatic carbocycles. The van der Waals surface area contributed by atoms with Crippen molar-refractivity contribution >= 4 is 14.3 Å². The number of hydrogen-bond donors (Lipinski definition) is 0. The molecule has 176 valence electrons. The standard InChI is InChI=1S/C23H42N4O3Si/c1-9-29-21(28)20-24-26-27(25-20)15-16(2)17-12-13-18-19(11-10-14-23(17,18)6)30-31(7,8)22(3,4)5/h16-19H,9-15H2,1-8H3/t16-,17-,18+,19+,23-/m1/s1. The van der Waals surface area contributed by atoms with Crippen LogP contribution in [0.2, 0.25) is 18.1 Å². The number of ether oxygens (including phenoxy) is 1. The first-order chi connectivity index (χ1) is 14.4. The molecule has 5 atom stereocenters. The van der Waals surface area contributed by atoms with Crippen LogP contribution in [0.3, 0.4) is 0 Å². The summed E-state index contributed by atoms with van der Waals surface area (Å²) in [5.74, 6) is 1.17. The number of tetrazole rings is 1. The number of hydrogen-bond acceptors (Lipinski definition) is 6. The van der Waals surface area contributed by atoms with E-state index in [1.807, 2.05) is 0 Å². The largest absolute Gasteiger partial charge is 0.460 e. The van der Waals surface area contributed by atoms with Crippen LogP contribution in [0, 0.1) is 23.2 Å². The summed E-state index contributed by atoms with van der Waals surface area (Å²) in [7, 11) is -1.79. The Morgan fingerprint density at radius 3 is 2.65 bits per heavy atom. The van der Waals surface area contributed by atoms with Crippen molar-refractivity contribution in [1.82, 2.24) is 20.2 Å². The van der Waals surface area contributed by atoms with Gasteiger partial charge in [0.1, 0.15) is 0 Å². The van der Waals surface area contributed by atoms with Crippen molar-refractivity contribution in [3.63, 3.8) is 0 Å². The van der Waals surface area contributed by atoms with E-state index in [2.05, 4.69) is 63.1 Å². The molecule has 1 aromatic heterocycles. The lowest BCUT2D eigenvalue weighted by molar-refractivity contribution is -0.0226. The summed E-state index contributed by atoms with van der Waals surface area (Å²) < 4.78 is 11.9. The normalized spacial score (nSPS) is 30.1. The monoisotopic (exact) mass is 450 g/mol. The third-order valence-corrected chi connectivity index (χ3v) is 12.9. The molecule has 0 amide bonds. The SMILES string of the molecule is CCOC(=O)c1nnn(C[C@@H](C)[C@H]2CC[C@H]3[C@@H](O[Si](C)(C)C(C)(C)C)CCC[C@]23C)n1. The van der Waals surface area contributed by atoms with E-state index in [9.17, 15) is 4.79 Å². The highest BCUT2D eigenvalue weighted by Crippen LogP contribution is 2.59. The van der Waals surface area contributed by atoms with E-state index < -0.39 is 14.3 Å². The Morgan fingerprint density at radius 1 is 1.29 bits per heavy atom. The van der Waals surface area contributed by atoms with Crippen LogP contribution in [0.5, 0.6) is 0 Å². The second kappa shape index (κ2) is 8.93. The Labute approximate surface area is 188 Å². The van der Waals surface area contributed by atoms with E-state index >= 15 is 0 Å². The number of rotatable bonds is 7. The van der Waals surface area contributed by atoms with Crippen LogP contribution >= 0.6 is 0 Å². The average Bonchev–Trinajstić information content (AvgIpc) is 3.25. The predicted molar refractivity (Wildman–Crippen MR) is 123 cm³/mol. The third kappa shape index (κ3) is 4.89. The first-order valence-electron chi connectivity index (χ1n) is 12.0. The number of carbonyl (C=O) groups excluding carboxylic acids is 1. The second-order valence-corrected chi connectivity index (χ2v) is 16.2. The van der Waals surface area contributed by atoms with Crippen molar-refractivity contribution in [3.05, 3.63) is 5.82 Å². The number of carbonyl (C=O) groups is 1. The summed E-state index contributed by atoms with van der Waals surface area (Å²) in [6.07, 6.45) is 6.55. The molecule has 1 aromatic rings. The molecule has 2 aliphatic carbocycles. The van der Waals surface area contributed by atoms with Crippen molar-refractivity contribution in [3.8, 4) is 0 Å². The van der Waals surface area contributed by atoms with E-state index in [0.717, 1.165) is 0 Å². The molecule has 31 heavy (non-hydrogen) atoms. The summed E-state index contributed by atoms with van der Waals surface area (Å²) >= 11 is 0. The zero-order valence-electron chi connectivity index (χ0n) is 20.8. The van der Waals surface area contributed by atoms with E-state index in [1.54, 1.807) is 11.7 Å². The van der Waals surface area contributed by atoms with Gasteiger partial charge in [0.2, 0.25) is 0 Å². The van der Waals surface area contributed by atoms with Gasteiger partial charge in [-0.05, 0) is 79.1 Å². The minimum Gasteiger partial charge on any atom is -0.460 e. The zero-order valence-corrected chi connectivity index (χ0v) is 21.8. The molecule has 2 aliphatic rings. The van der Waals surface area contributed by atoms with Crippen LogP contribution in [0.1, 0.15) is 84.3 Å². The quantitative estimate of drug-likeness (QED) is 0.425. The van der Waals surface area contributed by atoms with Crippen LogP contribution in [-0.2, 0) is 15.7 Å². The zero-order chi connectivity index (χ0) is 23.0. The number of aromatic nitrogens is 4. The Kier molecular flexibility index (Phi) is 7.01. The van der Waals surface area contributed by atoms with Crippen molar-refractivity contribution in [2.75, 3.05) is 6.61 Å². The van der Waals surface area contributed by atoms with Crippen molar-refractivity contribution in [2.24, 2.45) is 23.2 Å². The molecule has 0 N–H and O–H groups in total. The molecule has 0 radical (unpaired) electrons. The first-order valence-corrected chi connectivity index (χ1v) is 14.9. The first kappa shape index (κ1) is 24.4. The van der Waals surface area contributed by atoms with Crippen LogP contribution in [0.25, 0.3) is 0 Å². The fourth-order valence-electron chi connectivity index (χ4n) is 5.77. The van der Waals surface area contributed by atoms with Gasteiger partial charge in [0.05, 0.1) is 13.2 Å². The number of esters is 1. The third-order valence-electron chi connectivity index (χ3n) is 8.44. The van der Waals surface area contributed by atoms with Gasteiger partial charge in [-0.2, -0.15) is 4.80 Å². The van der Waals surface area contributed by atoms with E-state index in [4.69, 9.17) is 9.16 Å². The molecule has 3 rings (SSSR count). The molecule has 0 bridgehead atoms. The summed E-state index contributed by atoms with van der Waals surface area (Å²) in [4.78, 5) is 13.4. The molecule has 0 unspecified atom stereocenters. The molecule has 0 saturated heterocycles. The van der Waals surface area contributed by atoms with Crippen molar-refractivity contribution in [1.29, 1.82) is 0 Å². The van der Waals surface area contributed by atoms with Gasteiger partial charge in [0, 0.05) is 6.10 Å². The van der Waals surface area contributed by atoms with Gasteiger partial charge in [-0.15, -0.1) is 10.2 Å². The van der Waals surface area contributed by atoms with Gasteiger partial charge >= 0.3 is 5.97 Å². The topological polar surface area (TPSA) is 79.1 Å². The van der Waals surface area contributed by atoms with Crippen molar-refractivity contribution < 1.29 is 14.0 Å². The molecule has 0 aliphatic heterocycles. The molecular formula is C23H42N4O3Si. The van der Waals surface area contributed by atoms with Crippen LogP contribution < -0.4 is 0 Å². The van der Waals surface area contributed by atoms with Crippen LogP contribution in [0.4, 0.5) is 0 Å². The molecule has 2 saturated carbocycles.